The fraction of sp³-hybridized carbons (Fsp3) is 0.222. The molecule has 10 heteroatoms. The van der Waals surface area contributed by atoms with Gasteiger partial charge >= 0.3 is 5.97 Å². The number of carboxylic acids is 1. The minimum absolute atomic E-state index is 0.137. The first-order chi connectivity index (χ1) is 17.8. The number of ether oxygens (including phenoxy) is 1. The van der Waals surface area contributed by atoms with Crippen LogP contribution in [0.2, 0.25) is 10.0 Å². The number of hydrogen-bond acceptors (Lipinski definition) is 4. The third kappa shape index (κ3) is 5.26. The van der Waals surface area contributed by atoms with Crippen LogP contribution in [0.15, 0.2) is 60.8 Å². The highest BCUT2D eigenvalue weighted by Crippen LogP contribution is 2.41. The molecule has 0 saturated carbocycles. The van der Waals surface area contributed by atoms with Crippen LogP contribution in [0.5, 0.6) is 5.75 Å². The molecule has 0 fully saturated rings. The zero-order valence-electron chi connectivity index (χ0n) is 19.5. The average molecular weight is 542 g/mol. The van der Waals surface area contributed by atoms with Crippen molar-refractivity contribution in [3.8, 4) is 5.75 Å². The Labute approximate surface area is 222 Å². The number of fused-ring (bicyclic) bond motifs is 2. The van der Waals surface area contributed by atoms with Crippen LogP contribution in [0.3, 0.4) is 0 Å². The predicted octanol–water partition coefficient (Wildman–Crippen LogP) is 5.51. The van der Waals surface area contributed by atoms with Crippen molar-refractivity contribution in [1.82, 2.24) is 14.7 Å². The van der Waals surface area contributed by atoms with Crippen molar-refractivity contribution in [3.63, 3.8) is 0 Å². The van der Waals surface area contributed by atoms with E-state index in [9.17, 15) is 14.0 Å². The van der Waals surface area contributed by atoms with E-state index in [1.165, 1.54) is 12.1 Å². The lowest BCUT2D eigenvalue weighted by Gasteiger charge is -2.38. The molecule has 1 aliphatic rings. The number of benzene rings is 3. The molecule has 37 heavy (non-hydrogen) atoms. The molecule has 1 amide bonds. The number of carbonyl (C=O) groups is 2. The van der Waals surface area contributed by atoms with Gasteiger partial charge in [0.15, 0.2) is 6.61 Å². The lowest BCUT2D eigenvalue weighted by Crippen LogP contribution is -2.41. The highest BCUT2D eigenvalue weighted by Gasteiger charge is 2.34. The summed E-state index contributed by atoms with van der Waals surface area (Å²) in [4.78, 5) is 26.5. The topological polar surface area (TPSA) is 84.7 Å². The summed E-state index contributed by atoms with van der Waals surface area (Å²) in [5.74, 6) is -1.34. The van der Waals surface area contributed by atoms with Crippen molar-refractivity contribution >= 4 is 46.0 Å². The summed E-state index contributed by atoms with van der Waals surface area (Å²) >= 11 is 12.4. The number of aryl methyl sites for hydroxylation is 1. The maximum atomic E-state index is 14.1. The molecular formula is C27H22Cl2FN3O4. The van der Waals surface area contributed by atoms with Crippen LogP contribution in [0.25, 0.3) is 10.9 Å². The molecule has 1 aromatic heterocycles. The summed E-state index contributed by atoms with van der Waals surface area (Å²) in [5.41, 5.74) is 2.91. The monoisotopic (exact) mass is 541 g/mol. The summed E-state index contributed by atoms with van der Waals surface area (Å²) in [5, 5.41) is 15.4. The van der Waals surface area contributed by atoms with Gasteiger partial charge in [0.05, 0.1) is 24.3 Å². The largest absolute Gasteiger partial charge is 0.482 e. The number of aromatic nitrogens is 2. The average Bonchev–Trinajstić information content (AvgIpc) is 3.27. The van der Waals surface area contributed by atoms with Crippen molar-refractivity contribution in [2.75, 3.05) is 13.2 Å². The molecule has 0 aliphatic carbocycles. The Hall–Kier alpha value is -3.62. The second kappa shape index (κ2) is 10.4. The van der Waals surface area contributed by atoms with Crippen molar-refractivity contribution < 1.29 is 23.8 Å². The highest BCUT2D eigenvalue weighted by atomic mass is 35.5. The molecule has 0 saturated heterocycles. The molecule has 3 aromatic carbocycles. The van der Waals surface area contributed by atoms with Gasteiger partial charge in [-0.2, -0.15) is 5.10 Å². The van der Waals surface area contributed by atoms with Gasteiger partial charge in [-0.3, -0.25) is 9.48 Å². The van der Waals surface area contributed by atoms with Crippen LogP contribution in [-0.4, -0.2) is 44.8 Å². The van der Waals surface area contributed by atoms with E-state index in [4.69, 9.17) is 33.0 Å². The van der Waals surface area contributed by atoms with Gasteiger partial charge in [-0.1, -0.05) is 29.3 Å². The molecule has 0 bridgehead atoms. The SMILES string of the molecule is O=C(O)COc1ccc(Cl)cc1[C@@H]1c2ccc(F)cc2CCN1C(=O)CCn1ncc2cc(Cl)ccc21. The van der Waals surface area contributed by atoms with E-state index in [1.807, 2.05) is 12.1 Å². The number of aliphatic carboxylic acids is 1. The van der Waals surface area contributed by atoms with Gasteiger partial charge in [0.1, 0.15) is 11.6 Å². The quantitative estimate of drug-likeness (QED) is 0.333. The van der Waals surface area contributed by atoms with Crippen LogP contribution in [-0.2, 0) is 22.6 Å². The van der Waals surface area contributed by atoms with Crippen molar-refractivity contribution in [3.05, 3.63) is 93.3 Å². The van der Waals surface area contributed by atoms with Gasteiger partial charge in [0.25, 0.3) is 0 Å². The van der Waals surface area contributed by atoms with Crippen molar-refractivity contribution in [1.29, 1.82) is 0 Å². The lowest BCUT2D eigenvalue weighted by molar-refractivity contribution is -0.139. The predicted molar refractivity (Wildman–Crippen MR) is 138 cm³/mol. The number of halogens is 3. The Balaban J connectivity index is 1.49. The van der Waals surface area contributed by atoms with Crippen LogP contribution in [0, 0.1) is 5.82 Å². The zero-order chi connectivity index (χ0) is 26.1. The smallest absolute Gasteiger partial charge is 0.341 e. The van der Waals surface area contributed by atoms with Gasteiger partial charge in [-0.25, -0.2) is 9.18 Å². The molecule has 0 radical (unpaired) electrons. The molecule has 1 atom stereocenters. The summed E-state index contributed by atoms with van der Waals surface area (Å²) in [6, 6.07) is 14.1. The number of carboxylic acid groups (broad SMARTS) is 1. The number of hydrogen-bond donors (Lipinski definition) is 1. The van der Waals surface area contributed by atoms with E-state index in [0.717, 1.165) is 22.0 Å². The molecule has 5 rings (SSSR count). The van der Waals surface area contributed by atoms with E-state index in [0.29, 0.717) is 40.9 Å². The molecule has 190 valence electrons. The van der Waals surface area contributed by atoms with Crippen LogP contribution < -0.4 is 4.74 Å². The van der Waals surface area contributed by atoms with E-state index in [-0.39, 0.29) is 18.1 Å². The summed E-state index contributed by atoms with van der Waals surface area (Å²) < 4.78 is 21.4. The summed E-state index contributed by atoms with van der Waals surface area (Å²) in [6.07, 6.45) is 2.35. The van der Waals surface area contributed by atoms with E-state index in [1.54, 1.807) is 46.1 Å². The Kier molecular flexibility index (Phi) is 7.04. The number of amides is 1. The highest BCUT2D eigenvalue weighted by molar-refractivity contribution is 6.31. The summed E-state index contributed by atoms with van der Waals surface area (Å²) in [6.45, 7) is 0.143. The molecule has 2 heterocycles. The van der Waals surface area contributed by atoms with E-state index >= 15 is 0 Å². The second-order valence-corrected chi connectivity index (χ2v) is 9.64. The van der Waals surface area contributed by atoms with Gasteiger partial charge < -0.3 is 14.7 Å². The Bertz CT molecular complexity index is 1510. The first kappa shape index (κ1) is 25.0. The minimum atomic E-state index is -1.13. The second-order valence-electron chi connectivity index (χ2n) is 8.77. The lowest BCUT2D eigenvalue weighted by atomic mass is 9.87. The molecular weight excluding hydrogens is 520 g/mol. The third-order valence-corrected chi connectivity index (χ3v) is 6.88. The molecule has 1 aliphatic heterocycles. The normalized spacial score (nSPS) is 15.0. The first-order valence-corrected chi connectivity index (χ1v) is 12.4. The number of rotatable bonds is 7. The Morgan fingerprint density at radius 3 is 2.65 bits per heavy atom. The van der Waals surface area contributed by atoms with Gasteiger partial charge in [-0.05, 0) is 66.1 Å². The minimum Gasteiger partial charge on any atom is -0.482 e. The van der Waals surface area contributed by atoms with E-state index in [2.05, 4.69) is 5.10 Å². The van der Waals surface area contributed by atoms with Crippen LogP contribution in [0.1, 0.15) is 29.2 Å². The fourth-order valence-electron chi connectivity index (χ4n) is 4.78. The van der Waals surface area contributed by atoms with Crippen molar-refractivity contribution in [2.24, 2.45) is 0 Å². The number of carbonyl (C=O) groups excluding carboxylic acids is 1. The Morgan fingerprint density at radius 2 is 1.84 bits per heavy atom. The molecule has 4 aromatic rings. The summed E-state index contributed by atoms with van der Waals surface area (Å²) in [7, 11) is 0. The van der Waals surface area contributed by atoms with Crippen LogP contribution >= 0.6 is 23.2 Å². The molecule has 1 N–H and O–H groups in total. The molecule has 7 nitrogen and oxygen atoms in total. The maximum absolute atomic E-state index is 14.1. The molecule has 0 spiro atoms. The van der Waals surface area contributed by atoms with E-state index < -0.39 is 18.6 Å². The van der Waals surface area contributed by atoms with Gasteiger partial charge in [0.2, 0.25) is 5.91 Å². The standard InChI is InChI=1S/C27H22Cl2FN3O4/c28-18-1-5-23-17(11-18)14-31-33(23)10-8-25(34)32-9-7-16-12-20(30)3-4-21(16)27(32)22-13-19(29)2-6-24(22)37-15-26(35)36/h1-6,11-14,27H,7-10,15H2,(H,35,36)/t27-/m0/s1. The maximum Gasteiger partial charge on any atom is 0.341 e. The Morgan fingerprint density at radius 1 is 1.05 bits per heavy atom. The number of nitrogens with zero attached hydrogens (tertiary/aromatic N) is 3. The first-order valence-electron chi connectivity index (χ1n) is 11.6. The van der Waals surface area contributed by atoms with Gasteiger partial charge in [-0.15, -0.1) is 0 Å². The molecule has 0 unspecified atom stereocenters. The zero-order valence-corrected chi connectivity index (χ0v) is 21.0. The fourth-order valence-corrected chi connectivity index (χ4v) is 5.15. The van der Waals surface area contributed by atoms with Gasteiger partial charge in [0, 0.05) is 34.0 Å². The van der Waals surface area contributed by atoms with Crippen molar-refractivity contribution in [2.45, 2.75) is 25.4 Å². The van der Waals surface area contributed by atoms with Crippen LogP contribution in [0.4, 0.5) is 4.39 Å². The third-order valence-electron chi connectivity index (χ3n) is 6.41.